The number of rotatable bonds is 5. The Hall–Kier alpha value is -0.560. The van der Waals surface area contributed by atoms with E-state index in [0.717, 1.165) is 24.2 Å². The summed E-state index contributed by atoms with van der Waals surface area (Å²) in [6.07, 6.45) is 16.6. The minimum atomic E-state index is -0.0860. The van der Waals surface area contributed by atoms with Crippen LogP contribution in [0.5, 0.6) is 0 Å². The maximum atomic E-state index is 10.6. The molecular weight excluding hydrogens is 388 g/mol. The second-order valence-electron chi connectivity index (χ2n) is 13.5. The highest BCUT2D eigenvalue weighted by atomic mass is 16.3. The Morgan fingerprint density at radius 3 is 2.47 bits per heavy atom. The topological polar surface area (TPSA) is 20.2 Å². The molecule has 0 bridgehead atoms. The summed E-state index contributed by atoms with van der Waals surface area (Å²) in [7, 11) is 0. The number of aliphatic hydroxyl groups is 1. The molecule has 4 rings (SSSR count). The molecule has 1 N–H and O–H groups in total. The molecule has 0 aromatic heterocycles. The largest absolute Gasteiger partial charge is 0.393 e. The quantitative estimate of drug-likeness (QED) is 0.424. The number of hydrogen-bond acceptors (Lipinski definition) is 1. The van der Waals surface area contributed by atoms with Crippen molar-refractivity contribution in [1.29, 1.82) is 0 Å². The Kier molecular flexibility index (Phi) is 6.59. The van der Waals surface area contributed by atoms with E-state index in [-0.39, 0.29) is 6.10 Å². The lowest BCUT2D eigenvalue weighted by atomic mass is 9.42. The first kappa shape index (κ1) is 24.6. The van der Waals surface area contributed by atoms with Gasteiger partial charge in [-0.3, -0.25) is 0 Å². The second-order valence-corrected chi connectivity index (χ2v) is 13.5. The third-order valence-electron chi connectivity index (χ3n) is 12.1. The third kappa shape index (κ3) is 3.50. The molecule has 3 saturated carbocycles. The average Bonchev–Trinajstić information content (AvgIpc) is 3.02. The van der Waals surface area contributed by atoms with Crippen LogP contribution in [0.3, 0.4) is 0 Å². The van der Waals surface area contributed by atoms with E-state index in [2.05, 4.69) is 67.5 Å². The van der Waals surface area contributed by atoms with Crippen molar-refractivity contribution in [2.24, 2.45) is 51.8 Å². The SMILES string of the molecule is C/C=C(/CC[C@@H](C)[C@H]1CC[C@@]2(C)C3=CC[C@H]4[C@H](C)[C@@H](O)CC[C@]4(C)[C@H]3CC[C@]12C)C(C)C. The monoisotopic (exact) mass is 440 g/mol. The van der Waals surface area contributed by atoms with Crippen LogP contribution in [0.2, 0.25) is 0 Å². The zero-order valence-corrected chi connectivity index (χ0v) is 22.5. The van der Waals surface area contributed by atoms with Crippen LogP contribution in [0.25, 0.3) is 0 Å². The van der Waals surface area contributed by atoms with Crippen LogP contribution < -0.4 is 0 Å². The molecule has 182 valence electrons. The molecule has 1 nitrogen and oxygen atoms in total. The van der Waals surface area contributed by atoms with Crippen molar-refractivity contribution < 1.29 is 5.11 Å². The molecule has 4 aliphatic carbocycles. The normalized spacial score (nSPS) is 47.5. The van der Waals surface area contributed by atoms with Crippen molar-refractivity contribution in [1.82, 2.24) is 0 Å². The smallest absolute Gasteiger partial charge is 0.0568 e. The zero-order valence-electron chi connectivity index (χ0n) is 22.5. The van der Waals surface area contributed by atoms with Crippen molar-refractivity contribution in [3.05, 3.63) is 23.3 Å². The van der Waals surface area contributed by atoms with Gasteiger partial charge in [0.1, 0.15) is 0 Å². The molecule has 0 unspecified atom stereocenters. The Bertz CT molecular complexity index is 760. The van der Waals surface area contributed by atoms with Crippen LogP contribution in [0.15, 0.2) is 23.3 Å². The molecule has 0 aromatic rings. The number of aliphatic hydroxyl groups excluding tert-OH is 1. The lowest BCUT2D eigenvalue weighted by Crippen LogP contribution is -2.55. The molecule has 0 aromatic carbocycles. The Morgan fingerprint density at radius 2 is 1.81 bits per heavy atom. The van der Waals surface area contributed by atoms with E-state index in [1.165, 1.54) is 51.4 Å². The summed E-state index contributed by atoms with van der Waals surface area (Å²) < 4.78 is 0. The molecule has 0 saturated heterocycles. The van der Waals surface area contributed by atoms with Crippen molar-refractivity contribution in [2.45, 2.75) is 119 Å². The van der Waals surface area contributed by atoms with Gasteiger partial charge in [-0.1, -0.05) is 71.8 Å². The molecule has 0 heterocycles. The van der Waals surface area contributed by atoms with Crippen molar-refractivity contribution in [3.8, 4) is 0 Å². The molecule has 9 atom stereocenters. The summed E-state index contributed by atoms with van der Waals surface area (Å²) in [5, 5.41) is 10.6. The van der Waals surface area contributed by atoms with Gasteiger partial charge in [0, 0.05) is 0 Å². The van der Waals surface area contributed by atoms with Crippen LogP contribution >= 0.6 is 0 Å². The summed E-state index contributed by atoms with van der Waals surface area (Å²) in [4.78, 5) is 0. The van der Waals surface area contributed by atoms with Crippen LogP contribution in [0, 0.1) is 51.8 Å². The highest BCUT2D eigenvalue weighted by molar-refractivity contribution is 5.32. The van der Waals surface area contributed by atoms with Gasteiger partial charge < -0.3 is 5.11 Å². The third-order valence-corrected chi connectivity index (χ3v) is 12.1. The molecule has 0 spiro atoms. The molecule has 0 amide bonds. The van der Waals surface area contributed by atoms with Crippen LogP contribution in [0.1, 0.15) is 113 Å². The van der Waals surface area contributed by atoms with E-state index in [1.54, 1.807) is 5.57 Å². The summed E-state index contributed by atoms with van der Waals surface area (Å²) in [5.41, 5.74) is 4.72. The number of hydrogen-bond donors (Lipinski definition) is 1. The first-order valence-electron chi connectivity index (χ1n) is 14.0. The lowest BCUT2D eigenvalue weighted by molar-refractivity contribution is -0.0896. The summed E-state index contributed by atoms with van der Waals surface area (Å²) in [6.45, 7) is 19.8. The minimum absolute atomic E-state index is 0.0860. The van der Waals surface area contributed by atoms with Gasteiger partial charge in [-0.2, -0.15) is 0 Å². The van der Waals surface area contributed by atoms with Crippen molar-refractivity contribution in [3.63, 3.8) is 0 Å². The fraction of sp³-hybridized carbons (Fsp3) is 0.871. The second kappa shape index (κ2) is 8.58. The molecule has 32 heavy (non-hydrogen) atoms. The fourth-order valence-electron chi connectivity index (χ4n) is 9.65. The van der Waals surface area contributed by atoms with Gasteiger partial charge in [0.15, 0.2) is 0 Å². The summed E-state index contributed by atoms with van der Waals surface area (Å²) in [6, 6.07) is 0. The van der Waals surface area contributed by atoms with E-state index >= 15 is 0 Å². The highest BCUT2D eigenvalue weighted by Crippen LogP contribution is 2.72. The Labute approximate surface area is 199 Å². The predicted molar refractivity (Wildman–Crippen MR) is 137 cm³/mol. The molecular formula is C31H52O. The minimum Gasteiger partial charge on any atom is -0.393 e. The van der Waals surface area contributed by atoms with E-state index in [4.69, 9.17) is 0 Å². The van der Waals surface area contributed by atoms with Gasteiger partial charge in [-0.15, -0.1) is 0 Å². The van der Waals surface area contributed by atoms with E-state index in [9.17, 15) is 5.11 Å². The number of fused-ring (bicyclic) bond motifs is 5. The first-order valence-corrected chi connectivity index (χ1v) is 14.0. The van der Waals surface area contributed by atoms with E-state index < -0.39 is 0 Å². The maximum Gasteiger partial charge on any atom is 0.0568 e. The fourth-order valence-corrected chi connectivity index (χ4v) is 9.65. The molecule has 0 aliphatic heterocycles. The van der Waals surface area contributed by atoms with Gasteiger partial charge in [0.25, 0.3) is 0 Å². The van der Waals surface area contributed by atoms with Crippen molar-refractivity contribution in [2.75, 3.05) is 0 Å². The van der Waals surface area contributed by atoms with Crippen molar-refractivity contribution >= 4 is 0 Å². The van der Waals surface area contributed by atoms with Gasteiger partial charge in [0.05, 0.1) is 6.10 Å². The van der Waals surface area contributed by atoms with E-state index in [0.29, 0.717) is 34.0 Å². The van der Waals surface area contributed by atoms with E-state index in [1.807, 2.05) is 5.57 Å². The van der Waals surface area contributed by atoms with Gasteiger partial charge in [-0.25, -0.2) is 0 Å². The van der Waals surface area contributed by atoms with Crippen LogP contribution in [-0.2, 0) is 0 Å². The Morgan fingerprint density at radius 1 is 1.09 bits per heavy atom. The number of allylic oxidation sites excluding steroid dienone is 4. The Balaban J connectivity index is 1.57. The highest BCUT2D eigenvalue weighted by Gasteiger charge is 2.64. The van der Waals surface area contributed by atoms with Gasteiger partial charge in [-0.05, 0) is 116 Å². The average molecular weight is 441 g/mol. The standard InChI is InChI=1S/C31H52O/c1-9-23(20(2)3)11-10-21(4)24-14-18-31(8)27-13-12-25-22(5)28(32)16-17-29(25,6)26(27)15-19-30(24,31)7/h9,13,20-22,24-26,28,32H,10-12,14-19H2,1-8H3/b23-9-/t21-,22+,24-,25+,26+,28+,29+,30-,31+/m1/s1. The first-order chi connectivity index (χ1) is 15.0. The van der Waals surface area contributed by atoms with Gasteiger partial charge >= 0.3 is 0 Å². The summed E-state index contributed by atoms with van der Waals surface area (Å²) >= 11 is 0. The predicted octanol–water partition coefficient (Wildman–Crippen LogP) is 8.58. The summed E-state index contributed by atoms with van der Waals surface area (Å²) in [5.74, 6) is 4.22. The molecule has 1 heteroatoms. The van der Waals surface area contributed by atoms with Crippen LogP contribution in [-0.4, -0.2) is 11.2 Å². The zero-order chi connectivity index (χ0) is 23.5. The lowest BCUT2D eigenvalue weighted by Gasteiger charge is -2.62. The van der Waals surface area contributed by atoms with Gasteiger partial charge in [0.2, 0.25) is 0 Å². The van der Waals surface area contributed by atoms with Crippen LogP contribution in [0.4, 0.5) is 0 Å². The molecule has 3 fully saturated rings. The maximum absolute atomic E-state index is 10.6. The molecule has 4 aliphatic rings. The molecule has 0 radical (unpaired) electrons.